The molecule has 1 aliphatic rings. The summed E-state index contributed by atoms with van der Waals surface area (Å²) in [6.07, 6.45) is 1.68. The van der Waals surface area contributed by atoms with E-state index in [0.717, 1.165) is 35.9 Å². The molecule has 2 aromatic carbocycles. The number of carbonyl (C=O) groups is 1. The summed E-state index contributed by atoms with van der Waals surface area (Å²) in [5.41, 5.74) is 7.45. The Bertz CT molecular complexity index is 1050. The Kier molecular flexibility index (Phi) is 5.12. The fourth-order valence-corrected chi connectivity index (χ4v) is 3.73. The van der Waals surface area contributed by atoms with E-state index in [2.05, 4.69) is 0 Å². The first-order valence-corrected chi connectivity index (χ1v) is 9.37. The fraction of sp³-hybridized carbons (Fsp3) is 0.273. The van der Waals surface area contributed by atoms with E-state index in [9.17, 15) is 9.59 Å². The molecule has 0 radical (unpaired) electrons. The highest BCUT2D eigenvalue weighted by Gasteiger charge is 2.29. The number of likely N-dealkylation sites (tertiary alicyclic amines) is 1. The average Bonchev–Trinajstić information content (AvgIpc) is 3.15. The summed E-state index contributed by atoms with van der Waals surface area (Å²) in [5, 5.41) is 0.835. The first-order chi connectivity index (χ1) is 13.6. The Morgan fingerprint density at radius 1 is 1.18 bits per heavy atom. The number of carbonyl (C=O) groups excluding carboxylic acids is 1. The number of amides is 1. The molecule has 28 heavy (non-hydrogen) atoms. The van der Waals surface area contributed by atoms with E-state index in [-0.39, 0.29) is 11.9 Å². The number of primary amides is 1. The number of rotatable bonds is 6. The SMILES string of the molecule is NC(=O)[C@@H]1CCCN1Cc1cc(=O)oc2cc(OCc3ccccc3)ccc12. The summed E-state index contributed by atoms with van der Waals surface area (Å²) in [7, 11) is 0. The maximum atomic E-state index is 12.1. The van der Waals surface area contributed by atoms with Crippen molar-refractivity contribution in [2.24, 2.45) is 5.73 Å². The van der Waals surface area contributed by atoms with E-state index in [4.69, 9.17) is 14.9 Å². The van der Waals surface area contributed by atoms with Gasteiger partial charge >= 0.3 is 5.63 Å². The lowest BCUT2D eigenvalue weighted by Gasteiger charge is -2.22. The molecule has 144 valence electrons. The van der Waals surface area contributed by atoms with Gasteiger partial charge in [0, 0.05) is 24.1 Å². The molecular formula is C22H22N2O4. The third-order valence-corrected chi connectivity index (χ3v) is 5.12. The highest BCUT2D eigenvalue weighted by Crippen LogP contribution is 2.26. The van der Waals surface area contributed by atoms with Crippen molar-refractivity contribution < 1.29 is 13.9 Å². The normalized spacial score (nSPS) is 17.1. The van der Waals surface area contributed by atoms with Gasteiger partial charge in [0.15, 0.2) is 0 Å². The molecule has 1 aromatic heterocycles. The second-order valence-corrected chi connectivity index (χ2v) is 7.05. The van der Waals surface area contributed by atoms with E-state index in [0.29, 0.717) is 24.5 Å². The molecule has 0 aliphatic carbocycles. The number of ether oxygens (including phenoxy) is 1. The zero-order chi connectivity index (χ0) is 19.5. The van der Waals surface area contributed by atoms with Crippen LogP contribution in [0.4, 0.5) is 0 Å². The van der Waals surface area contributed by atoms with Crippen LogP contribution in [0.2, 0.25) is 0 Å². The van der Waals surface area contributed by atoms with Gasteiger partial charge in [0.25, 0.3) is 0 Å². The van der Waals surface area contributed by atoms with Gasteiger partial charge in [-0.05, 0) is 42.6 Å². The van der Waals surface area contributed by atoms with Gasteiger partial charge in [0.2, 0.25) is 5.91 Å². The van der Waals surface area contributed by atoms with E-state index >= 15 is 0 Å². The number of benzene rings is 2. The van der Waals surface area contributed by atoms with Crippen LogP contribution in [-0.4, -0.2) is 23.4 Å². The summed E-state index contributed by atoms with van der Waals surface area (Å²) in [6, 6.07) is 16.6. The number of fused-ring (bicyclic) bond motifs is 1. The van der Waals surface area contributed by atoms with Crippen molar-refractivity contribution in [2.75, 3.05) is 6.54 Å². The van der Waals surface area contributed by atoms with Gasteiger partial charge in [0.05, 0.1) is 6.04 Å². The van der Waals surface area contributed by atoms with Crippen molar-refractivity contribution in [3.8, 4) is 5.75 Å². The van der Waals surface area contributed by atoms with Gasteiger partial charge in [-0.2, -0.15) is 0 Å². The van der Waals surface area contributed by atoms with Crippen LogP contribution < -0.4 is 16.1 Å². The van der Waals surface area contributed by atoms with Crippen LogP contribution in [-0.2, 0) is 17.9 Å². The summed E-state index contributed by atoms with van der Waals surface area (Å²) < 4.78 is 11.2. The van der Waals surface area contributed by atoms with Gasteiger partial charge in [-0.1, -0.05) is 30.3 Å². The molecule has 1 atom stereocenters. The van der Waals surface area contributed by atoms with Gasteiger partial charge in [-0.15, -0.1) is 0 Å². The molecule has 2 N–H and O–H groups in total. The highest BCUT2D eigenvalue weighted by molar-refractivity contribution is 5.82. The van der Waals surface area contributed by atoms with E-state index < -0.39 is 5.63 Å². The maximum absolute atomic E-state index is 12.1. The topological polar surface area (TPSA) is 85.8 Å². The first-order valence-electron chi connectivity index (χ1n) is 9.37. The lowest BCUT2D eigenvalue weighted by atomic mass is 10.1. The van der Waals surface area contributed by atoms with Crippen LogP contribution >= 0.6 is 0 Å². The zero-order valence-electron chi connectivity index (χ0n) is 15.5. The average molecular weight is 378 g/mol. The van der Waals surface area contributed by atoms with Crippen molar-refractivity contribution in [1.29, 1.82) is 0 Å². The molecule has 2 heterocycles. The van der Waals surface area contributed by atoms with Crippen LogP contribution in [0.5, 0.6) is 5.75 Å². The Morgan fingerprint density at radius 2 is 2.00 bits per heavy atom. The van der Waals surface area contributed by atoms with Crippen molar-refractivity contribution >= 4 is 16.9 Å². The van der Waals surface area contributed by atoms with Crippen LogP contribution in [0.3, 0.4) is 0 Å². The molecule has 3 aromatic rings. The van der Waals surface area contributed by atoms with Gasteiger partial charge in [0.1, 0.15) is 17.9 Å². The molecule has 1 amide bonds. The maximum Gasteiger partial charge on any atom is 0.336 e. The Labute approximate surface area is 162 Å². The highest BCUT2D eigenvalue weighted by atomic mass is 16.5. The molecule has 1 fully saturated rings. The van der Waals surface area contributed by atoms with Gasteiger partial charge < -0.3 is 14.9 Å². The lowest BCUT2D eigenvalue weighted by molar-refractivity contribution is -0.122. The predicted octanol–water partition coefficient (Wildman–Crippen LogP) is 2.82. The third-order valence-electron chi connectivity index (χ3n) is 5.12. The van der Waals surface area contributed by atoms with Crippen molar-refractivity contribution in [1.82, 2.24) is 4.90 Å². The summed E-state index contributed by atoms with van der Waals surface area (Å²) in [6.45, 7) is 1.71. The molecule has 1 saturated heterocycles. The minimum Gasteiger partial charge on any atom is -0.489 e. The molecule has 0 bridgehead atoms. The van der Waals surface area contributed by atoms with Crippen molar-refractivity contribution in [2.45, 2.75) is 32.0 Å². The van der Waals surface area contributed by atoms with Crippen LogP contribution in [0.15, 0.2) is 63.8 Å². The number of nitrogens with two attached hydrogens (primary N) is 1. The zero-order valence-corrected chi connectivity index (χ0v) is 15.5. The van der Waals surface area contributed by atoms with Crippen molar-refractivity contribution in [3.05, 3.63) is 76.1 Å². The second kappa shape index (κ2) is 7.86. The smallest absolute Gasteiger partial charge is 0.336 e. The third kappa shape index (κ3) is 3.92. The lowest BCUT2D eigenvalue weighted by Crippen LogP contribution is -2.39. The fourth-order valence-electron chi connectivity index (χ4n) is 3.73. The van der Waals surface area contributed by atoms with E-state index in [1.807, 2.05) is 47.4 Å². The largest absolute Gasteiger partial charge is 0.489 e. The number of nitrogens with zero attached hydrogens (tertiary/aromatic N) is 1. The molecule has 4 rings (SSSR count). The molecule has 6 nitrogen and oxygen atoms in total. The monoisotopic (exact) mass is 378 g/mol. The van der Waals surface area contributed by atoms with Crippen LogP contribution in [0, 0.1) is 0 Å². The number of hydrogen-bond donors (Lipinski definition) is 1. The first kappa shape index (κ1) is 18.3. The van der Waals surface area contributed by atoms with E-state index in [1.165, 1.54) is 6.07 Å². The second-order valence-electron chi connectivity index (χ2n) is 7.05. The quantitative estimate of drug-likeness (QED) is 0.667. The predicted molar refractivity (Wildman–Crippen MR) is 106 cm³/mol. The minimum atomic E-state index is -0.419. The Balaban J connectivity index is 1.58. The Hall–Kier alpha value is -3.12. The Morgan fingerprint density at radius 3 is 2.79 bits per heavy atom. The molecule has 0 saturated carbocycles. The number of hydrogen-bond acceptors (Lipinski definition) is 5. The van der Waals surface area contributed by atoms with Gasteiger partial charge in [-0.25, -0.2) is 4.79 Å². The van der Waals surface area contributed by atoms with Crippen LogP contribution in [0.1, 0.15) is 24.0 Å². The molecule has 1 aliphatic heterocycles. The summed E-state index contributed by atoms with van der Waals surface area (Å²) in [4.78, 5) is 25.7. The summed E-state index contributed by atoms with van der Waals surface area (Å²) in [5.74, 6) is 0.314. The van der Waals surface area contributed by atoms with Crippen molar-refractivity contribution in [3.63, 3.8) is 0 Å². The van der Waals surface area contributed by atoms with Gasteiger partial charge in [-0.3, -0.25) is 9.69 Å². The molecule has 0 spiro atoms. The molecule has 0 unspecified atom stereocenters. The molecule has 6 heteroatoms. The molecular weight excluding hydrogens is 356 g/mol. The standard InChI is InChI=1S/C22H22N2O4/c23-22(26)19-7-4-10-24(19)13-16-11-21(25)28-20-12-17(8-9-18(16)20)27-14-15-5-2-1-3-6-15/h1-3,5-6,8-9,11-12,19H,4,7,10,13-14H2,(H2,23,26)/t19-/m0/s1. The summed E-state index contributed by atoms with van der Waals surface area (Å²) >= 11 is 0. The minimum absolute atomic E-state index is 0.282. The van der Waals surface area contributed by atoms with E-state index in [1.54, 1.807) is 6.07 Å². The van der Waals surface area contributed by atoms with Crippen LogP contribution in [0.25, 0.3) is 11.0 Å².